The summed E-state index contributed by atoms with van der Waals surface area (Å²) < 4.78 is 26.3. The van der Waals surface area contributed by atoms with Gasteiger partial charge in [-0.3, -0.25) is 19.2 Å². The van der Waals surface area contributed by atoms with E-state index in [0.717, 1.165) is 27.7 Å². The van der Waals surface area contributed by atoms with Crippen LogP contribution in [0.4, 0.5) is 0 Å². The molecule has 0 aliphatic carbocycles. The Kier molecular flexibility index (Phi) is 9.12. The number of hydrogen-bond acceptors (Lipinski definition) is 10. The number of esters is 4. The van der Waals surface area contributed by atoms with Gasteiger partial charge in [-0.1, -0.05) is 0 Å². The van der Waals surface area contributed by atoms with Gasteiger partial charge in [-0.2, -0.15) is 0 Å². The predicted molar refractivity (Wildman–Crippen MR) is 93.1 cm³/mol. The summed E-state index contributed by atoms with van der Waals surface area (Å²) in [5.74, 6) is -2.80. The number of hydrogen-bond donors (Lipinski definition) is 1. The lowest BCUT2D eigenvalue weighted by atomic mass is 9.79. The molecule has 1 rings (SSSR count). The molecule has 0 unspecified atom stereocenters. The summed E-state index contributed by atoms with van der Waals surface area (Å²) in [6.45, 7) is 4.09. The standard InChI is InChI=1S/C17H25ClO10/c1-9(19)24-8-13-14(25-10(2)20)17(6-5-7-18,28-12(4)22)15(16(23)27-13)26-11(3)21/h13-16,23H,5-8H2,1-4H3/t13-,14-,15+,16-,17+/m1/s1. The summed E-state index contributed by atoms with van der Waals surface area (Å²) >= 11 is 5.78. The first-order valence-corrected chi connectivity index (χ1v) is 9.13. The molecule has 0 saturated carbocycles. The van der Waals surface area contributed by atoms with E-state index in [9.17, 15) is 24.3 Å². The Hall–Kier alpha value is -1.91. The molecule has 28 heavy (non-hydrogen) atoms. The second-order valence-corrected chi connectivity index (χ2v) is 6.65. The van der Waals surface area contributed by atoms with E-state index >= 15 is 0 Å². The van der Waals surface area contributed by atoms with Gasteiger partial charge in [0.15, 0.2) is 24.1 Å². The monoisotopic (exact) mass is 424 g/mol. The number of carbonyl (C=O) groups is 4. The van der Waals surface area contributed by atoms with Crippen LogP contribution in [0.2, 0.25) is 0 Å². The molecule has 1 heterocycles. The summed E-state index contributed by atoms with van der Waals surface area (Å²) in [6.07, 6.45) is -5.55. The first-order chi connectivity index (χ1) is 13.0. The van der Waals surface area contributed by atoms with Crippen molar-refractivity contribution in [2.24, 2.45) is 0 Å². The summed E-state index contributed by atoms with van der Waals surface area (Å²) in [7, 11) is 0. The van der Waals surface area contributed by atoms with E-state index in [1.54, 1.807) is 0 Å². The maximum absolute atomic E-state index is 11.9. The second-order valence-electron chi connectivity index (χ2n) is 6.27. The van der Waals surface area contributed by atoms with E-state index in [1.165, 1.54) is 0 Å². The van der Waals surface area contributed by atoms with E-state index in [2.05, 4.69) is 0 Å². The highest BCUT2D eigenvalue weighted by atomic mass is 35.5. The van der Waals surface area contributed by atoms with Crippen molar-refractivity contribution in [3.63, 3.8) is 0 Å². The van der Waals surface area contributed by atoms with Gasteiger partial charge in [-0.25, -0.2) is 0 Å². The average Bonchev–Trinajstić information content (AvgIpc) is 2.56. The summed E-state index contributed by atoms with van der Waals surface area (Å²) in [5.41, 5.74) is -1.81. The molecule has 11 heteroatoms. The van der Waals surface area contributed by atoms with Crippen molar-refractivity contribution < 1.29 is 48.0 Å². The maximum atomic E-state index is 11.9. The van der Waals surface area contributed by atoms with Gasteiger partial charge in [0.25, 0.3) is 0 Å². The number of aliphatic hydroxyl groups is 1. The molecule has 1 saturated heterocycles. The van der Waals surface area contributed by atoms with Crippen molar-refractivity contribution >= 4 is 35.5 Å². The van der Waals surface area contributed by atoms with Crippen LogP contribution < -0.4 is 0 Å². The van der Waals surface area contributed by atoms with Gasteiger partial charge in [0.1, 0.15) is 12.7 Å². The smallest absolute Gasteiger partial charge is 0.303 e. The molecular weight excluding hydrogens is 400 g/mol. The third-order valence-corrected chi connectivity index (χ3v) is 4.21. The molecule has 0 spiro atoms. The highest BCUT2D eigenvalue weighted by Gasteiger charge is 2.62. The van der Waals surface area contributed by atoms with E-state index in [-0.39, 0.29) is 18.7 Å². The molecule has 0 bridgehead atoms. The molecule has 160 valence electrons. The van der Waals surface area contributed by atoms with Gasteiger partial charge in [-0.05, 0) is 12.8 Å². The lowest BCUT2D eigenvalue weighted by Gasteiger charge is -2.50. The third kappa shape index (κ3) is 6.32. The van der Waals surface area contributed by atoms with Crippen molar-refractivity contribution in [1.29, 1.82) is 0 Å². The largest absolute Gasteiger partial charge is 0.463 e. The zero-order chi connectivity index (χ0) is 21.5. The Morgan fingerprint density at radius 2 is 1.54 bits per heavy atom. The van der Waals surface area contributed by atoms with Gasteiger partial charge in [-0.15, -0.1) is 11.6 Å². The highest BCUT2D eigenvalue weighted by Crippen LogP contribution is 2.40. The van der Waals surface area contributed by atoms with E-state index in [1.807, 2.05) is 0 Å². The number of ether oxygens (including phenoxy) is 5. The number of alkyl halides is 1. The van der Waals surface area contributed by atoms with Gasteiger partial charge < -0.3 is 28.8 Å². The second kappa shape index (κ2) is 10.6. The van der Waals surface area contributed by atoms with Gasteiger partial charge in [0.05, 0.1) is 0 Å². The molecule has 0 amide bonds. The molecule has 10 nitrogen and oxygen atoms in total. The Labute approximate surface area is 167 Å². The lowest BCUT2D eigenvalue weighted by Crippen LogP contribution is -2.70. The minimum absolute atomic E-state index is 0.0248. The summed E-state index contributed by atoms with van der Waals surface area (Å²) in [4.78, 5) is 46.4. The van der Waals surface area contributed by atoms with Gasteiger partial charge >= 0.3 is 23.9 Å². The third-order valence-electron chi connectivity index (χ3n) is 3.95. The molecule has 0 aromatic heterocycles. The van der Waals surface area contributed by atoms with E-state index in [4.69, 9.17) is 35.3 Å². The van der Waals surface area contributed by atoms with Gasteiger partial charge in [0, 0.05) is 33.6 Å². The molecule has 0 aromatic carbocycles. The Bertz CT molecular complexity index is 594. The van der Waals surface area contributed by atoms with Crippen LogP contribution in [-0.2, 0) is 42.9 Å². The fraction of sp³-hybridized carbons (Fsp3) is 0.765. The fourth-order valence-electron chi connectivity index (χ4n) is 3.12. The molecule has 0 radical (unpaired) electrons. The van der Waals surface area contributed by atoms with Crippen molar-refractivity contribution in [2.75, 3.05) is 12.5 Å². The van der Waals surface area contributed by atoms with Crippen LogP contribution in [0.25, 0.3) is 0 Å². The molecule has 5 atom stereocenters. The topological polar surface area (TPSA) is 135 Å². The van der Waals surface area contributed by atoms with Crippen LogP contribution >= 0.6 is 11.6 Å². The summed E-state index contributed by atoms with van der Waals surface area (Å²) in [5, 5.41) is 10.4. The number of aliphatic hydroxyl groups excluding tert-OH is 1. The van der Waals surface area contributed by atoms with Gasteiger partial charge in [0.2, 0.25) is 0 Å². The van der Waals surface area contributed by atoms with E-state index < -0.39 is 60.7 Å². The van der Waals surface area contributed by atoms with Crippen molar-refractivity contribution in [2.45, 2.75) is 70.7 Å². The molecular formula is C17H25ClO10. The number of halogens is 1. The van der Waals surface area contributed by atoms with Crippen LogP contribution in [0, 0.1) is 0 Å². The molecule has 0 aromatic rings. The zero-order valence-electron chi connectivity index (χ0n) is 16.1. The number of rotatable bonds is 8. The number of carbonyl (C=O) groups excluding carboxylic acids is 4. The zero-order valence-corrected chi connectivity index (χ0v) is 16.9. The Balaban J connectivity index is 3.49. The first-order valence-electron chi connectivity index (χ1n) is 8.60. The van der Waals surface area contributed by atoms with Crippen molar-refractivity contribution in [3.8, 4) is 0 Å². The maximum Gasteiger partial charge on any atom is 0.303 e. The minimum atomic E-state index is -1.81. The molecule has 1 N–H and O–H groups in total. The predicted octanol–water partition coefficient (Wildman–Crippen LogP) is 0.451. The Morgan fingerprint density at radius 3 is 2.00 bits per heavy atom. The first kappa shape index (κ1) is 24.1. The summed E-state index contributed by atoms with van der Waals surface area (Å²) in [6, 6.07) is 0. The Morgan fingerprint density at radius 1 is 0.964 bits per heavy atom. The molecule has 1 fully saturated rings. The van der Waals surface area contributed by atoms with Crippen molar-refractivity contribution in [1.82, 2.24) is 0 Å². The quantitative estimate of drug-likeness (QED) is 0.332. The lowest BCUT2D eigenvalue weighted by molar-refractivity contribution is -0.329. The van der Waals surface area contributed by atoms with E-state index in [0.29, 0.717) is 0 Å². The average molecular weight is 425 g/mol. The minimum Gasteiger partial charge on any atom is -0.463 e. The normalized spacial score (nSPS) is 29.5. The van der Waals surface area contributed by atoms with Crippen LogP contribution in [0.15, 0.2) is 0 Å². The fourth-order valence-corrected chi connectivity index (χ4v) is 3.25. The van der Waals surface area contributed by atoms with Crippen LogP contribution in [-0.4, -0.2) is 71.7 Å². The SMILES string of the molecule is CC(=O)OC[C@H]1O[C@@H](O)[C@H](OC(C)=O)[C@@](CCCCl)(OC(C)=O)[C@@H]1OC(C)=O. The van der Waals surface area contributed by atoms with Crippen LogP contribution in [0.1, 0.15) is 40.5 Å². The van der Waals surface area contributed by atoms with Crippen LogP contribution in [0.5, 0.6) is 0 Å². The molecule has 1 aliphatic heterocycles. The van der Waals surface area contributed by atoms with Crippen LogP contribution in [0.3, 0.4) is 0 Å². The highest BCUT2D eigenvalue weighted by molar-refractivity contribution is 6.17. The molecule has 1 aliphatic rings. The van der Waals surface area contributed by atoms with Crippen molar-refractivity contribution in [3.05, 3.63) is 0 Å².